The zero-order valence-corrected chi connectivity index (χ0v) is 20.7. The molecule has 0 aliphatic carbocycles. The second-order valence-electron chi connectivity index (χ2n) is 9.23. The first-order valence-corrected chi connectivity index (χ1v) is 11.6. The van der Waals surface area contributed by atoms with Crippen LogP contribution in [0, 0.1) is 5.92 Å². The second-order valence-corrected chi connectivity index (χ2v) is 9.23. The van der Waals surface area contributed by atoms with Gasteiger partial charge < -0.3 is 19.8 Å². The predicted molar refractivity (Wildman–Crippen MR) is 121 cm³/mol. The van der Waals surface area contributed by atoms with E-state index in [1.54, 1.807) is 0 Å². The number of nitrogens with zero attached hydrogens (tertiary/aromatic N) is 3. The Bertz CT molecular complexity index is 804. The van der Waals surface area contributed by atoms with Gasteiger partial charge in [-0.25, -0.2) is 9.59 Å². The van der Waals surface area contributed by atoms with Gasteiger partial charge in [0, 0.05) is 45.1 Å². The van der Waals surface area contributed by atoms with Gasteiger partial charge in [-0.1, -0.05) is 19.9 Å². The van der Waals surface area contributed by atoms with Gasteiger partial charge in [-0.15, -0.1) is 0 Å². The normalized spacial score (nSPS) is 18.4. The van der Waals surface area contributed by atoms with E-state index in [2.05, 4.69) is 34.7 Å². The van der Waals surface area contributed by atoms with Crippen LogP contribution in [-0.2, 0) is 20.9 Å². The molecule has 0 amide bonds. The summed E-state index contributed by atoms with van der Waals surface area (Å²) in [6, 6.07) is 4.20. The van der Waals surface area contributed by atoms with Gasteiger partial charge in [-0.2, -0.15) is 26.3 Å². The number of piperidine rings is 1. The summed E-state index contributed by atoms with van der Waals surface area (Å²) >= 11 is 0. The molecule has 2 saturated heterocycles. The molecule has 14 heteroatoms. The summed E-state index contributed by atoms with van der Waals surface area (Å²) in [5, 5.41) is 14.2. The Kier molecular flexibility index (Phi) is 12.7. The smallest absolute Gasteiger partial charge is 0.475 e. The van der Waals surface area contributed by atoms with Crippen molar-refractivity contribution in [2.24, 2.45) is 5.92 Å². The Labute approximate surface area is 211 Å². The van der Waals surface area contributed by atoms with Crippen molar-refractivity contribution in [1.29, 1.82) is 0 Å². The zero-order chi connectivity index (χ0) is 28.3. The molecule has 0 unspecified atom stereocenters. The highest BCUT2D eigenvalue weighted by molar-refractivity contribution is 5.73. The first-order valence-electron chi connectivity index (χ1n) is 11.6. The van der Waals surface area contributed by atoms with Crippen molar-refractivity contribution in [3.63, 3.8) is 0 Å². The fourth-order valence-corrected chi connectivity index (χ4v) is 3.74. The van der Waals surface area contributed by atoms with E-state index in [1.165, 1.54) is 44.5 Å². The van der Waals surface area contributed by atoms with Gasteiger partial charge in [0.1, 0.15) is 0 Å². The summed E-state index contributed by atoms with van der Waals surface area (Å²) in [7, 11) is 0. The van der Waals surface area contributed by atoms with Crippen LogP contribution in [0.25, 0.3) is 0 Å². The van der Waals surface area contributed by atoms with E-state index >= 15 is 0 Å². The van der Waals surface area contributed by atoms with Gasteiger partial charge >= 0.3 is 24.3 Å². The third-order valence-electron chi connectivity index (χ3n) is 5.73. The monoisotopic (exact) mass is 545 g/mol. The third-order valence-corrected chi connectivity index (χ3v) is 5.73. The third kappa shape index (κ3) is 13.1. The van der Waals surface area contributed by atoms with E-state index in [0.29, 0.717) is 0 Å². The van der Waals surface area contributed by atoms with E-state index in [-0.39, 0.29) is 5.60 Å². The van der Waals surface area contributed by atoms with Gasteiger partial charge in [0.15, 0.2) is 0 Å². The van der Waals surface area contributed by atoms with Crippen molar-refractivity contribution in [3.8, 4) is 0 Å². The Balaban J connectivity index is 0.000000404. The van der Waals surface area contributed by atoms with Crippen LogP contribution in [0.3, 0.4) is 0 Å². The number of pyridine rings is 1. The van der Waals surface area contributed by atoms with Crippen molar-refractivity contribution in [2.75, 3.05) is 39.3 Å². The maximum Gasteiger partial charge on any atom is 0.490 e. The number of ether oxygens (including phenoxy) is 1. The van der Waals surface area contributed by atoms with E-state index in [4.69, 9.17) is 24.5 Å². The number of halogens is 6. The molecule has 1 aromatic heterocycles. The molecule has 0 aromatic carbocycles. The molecule has 1 spiro atoms. The molecule has 0 saturated carbocycles. The molecular weight excluding hydrogens is 512 g/mol. The first-order chi connectivity index (χ1) is 17.0. The quantitative estimate of drug-likeness (QED) is 0.534. The van der Waals surface area contributed by atoms with Crippen LogP contribution in [-0.4, -0.2) is 94.2 Å². The lowest BCUT2D eigenvalue weighted by atomic mass is 9.89. The highest BCUT2D eigenvalue weighted by Crippen LogP contribution is 2.31. The molecule has 8 nitrogen and oxygen atoms in total. The van der Waals surface area contributed by atoms with Crippen molar-refractivity contribution in [1.82, 2.24) is 14.8 Å². The average molecular weight is 546 g/mol. The molecule has 2 N–H and O–H groups in total. The van der Waals surface area contributed by atoms with E-state index in [9.17, 15) is 26.3 Å². The topological polar surface area (TPSA) is 103 Å². The van der Waals surface area contributed by atoms with Crippen molar-refractivity contribution >= 4 is 11.9 Å². The molecule has 3 heterocycles. The fourth-order valence-electron chi connectivity index (χ4n) is 3.74. The number of carboxylic acids is 2. The summed E-state index contributed by atoms with van der Waals surface area (Å²) in [5.74, 6) is -4.72. The molecule has 0 radical (unpaired) electrons. The summed E-state index contributed by atoms with van der Waals surface area (Å²) < 4.78 is 69.7. The van der Waals surface area contributed by atoms with Crippen molar-refractivity contribution < 1.29 is 50.9 Å². The molecular formula is C23H33F6N3O5. The highest BCUT2D eigenvalue weighted by atomic mass is 19.4. The van der Waals surface area contributed by atoms with Gasteiger partial charge in [0.05, 0.1) is 12.2 Å². The fraction of sp³-hybridized carbons (Fsp3) is 0.696. The number of carbonyl (C=O) groups is 2. The number of aromatic nitrogens is 1. The van der Waals surface area contributed by atoms with Crippen LogP contribution in [0.1, 0.15) is 38.7 Å². The number of alkyl halides is 6. The zero-order valence-electron chi connectivity index (χ0n) is 20.7. The molecule has 1 aromatic rings. The van der Waals surface area contributed by atoms with Crippen LogP contribution in [0.4, 0.5) is 26.3 Å². The number of likely N-dealkylation sites (tertiary alicyclic amines) is 1. The average Bonchev–Trinajstić information content (AvgIpc) is 2.79. The van der Waals surface area contributed by atoms with Crippen LogP contribution in [0.15, 0.2) is 24.5 Å². The Morgan fingerprint density at radius 1 is 1.03 bits per heavy atom. The van der Waals surface area contributed by atoms with E-state index in [0.717, 1.165) is 32.2 Å². The van der Waals surface area contributed by atoms with Gasteiger partial charge in [-0.05, 0) is 43.4 Å². The lowest BCUT2D eigenvalue weighted by Gasteiger charge is -2.47. The minimum atomic E-state index is -5.08. The summed E-state index contributed by atoms with van der Waals surface area (Å²) in [6.07, 6.45) is -2.68. The van der Waals surface area contributed by atoms with Gasteiger partial charge in [0.2, 0.25) is 0 Å². The first kappa shape index (κ1) is 32.6. The standard InChI is InChI=1S/C19H31N3O.2C2HF3O2/c1-17(2)5-9-21-10-6-19(7-11-21)16-22(12-13-23-19)15-18-4-3-8-20-14-18;2*3-2(4,5)1(6)7/h3-4,8,14,17H,5-7,9-13,15-16H2,1-2H3;2*(H,6,7). The number of aliphatic carboxylic acids is 2. The number of hydrogen-bond donors (Lipinski definition) is 2. The Morgan fingerprint density at radius 3 is 2.00 bits per heavy atom. The van der Waals surface area contributed by atoms with Gasteiger partial charge in [-0.3, -0.25) is 9.88 Å². The lowest BCUT2D eigenvalue weighted by Crippen LogP contribution is -2.56. The highest BCUT2D eigenvalue weighted by Gasteiger charge is 2.40. The number of carboxylic acid groups (broad SMARTS) is 2. The van der Waals surface area contributed by atoms with Crippen LogP contribution >= 0.6 is 0 Å². The summed E-state index contributed by atoms with van der Waals surface area (Å²) in [4.78, 5) is 27.2. The maximum atomic E-state index is 10.6. The summed E-state index contributed by atoms with van der Waals surface area (Å²) in [6.45, 7) is 12.2. The van der Waals surface area contributed by atoms with E-state index < -0.39 is 24.3 Å². The Morgan fingerprint density at radius 2 is 1.57 bits per heavy atom. The van der Waals surface area contributed by atoms with Crippen LogP contribution in [0.2, 0.25) is 0 Å². The predicted octanol–water partition coefficient (Wildman–Crippen LogP) is 4.06. The molecule has 212 valence electrons. The lowest BCUT2D eigenvalue weighted by molar-refractivity contribution is -0.193. The van der Waals surface area contributed by atoms with Crippen LogP contribution in [0.5, 0.6) is 0 Å². The number of hydrogen-bond acceptors (Lipinski definition) is 6. The van der Waals surface area contributed by atoms with E-state index in [1.807, 2.05) is 18.5 Å². The maximum absolute atomic E-state index is 10.6. The number of rotatable bonds is 5. The van der Waals surface area contributed by atoms with Crippen molar-refractivity contribution in [2.45, 2.75) is 57.6 Å². The molecule has 2 fully saturated rings. The Hall–Kier alpha value is -2.45. The minimum Gasteiger partial charge on any atom is -0.475 e. The van der Waals surface area contributed by atoms with Crippen LogP contribution < -0.4 is 0 Å². The molecule has 37 heavy (non-hydrogen) atoms. The van der Waals surface area contributed by atoms with Gasteiger partial charge in [0.25, 0.3) is 0 Å². The molecule has 3 rings (SSSR count). The molecule has 0 atom stereocenters. The molecule has 0 bridgehead atoms. The molecule has 2 aliphatic heterocycles. The second kappa shape index (κ2) is 14.5. The SMILES string of the molecule is CC(C)CCN1CCC2(CC1)CN(Cc1cccnc1)CCO2.O=C(O)C(F)(F)F.O=C(O)C(F)(F)F. The number of morpholine rings is 1. The largest absolute Gasteiger partial charge is 0.490 e. The summed E-state index contributed by atoms with van der Waals surface area (Å²) in [5.41, 5.74) is 1.40. The minimum absolute atomic E-state index is 0.0921. The molecule has 2 aliphatic rings. The van der Waals surface area contributed by atoms with Crippen molar-refractivity contribution in [3.05, 3.63) is 30.1 Å².